The molecule has 0 bridgehead atoms. The summed E-state index contributed by atoms with van der Waals surface area (Å²) in [6, 6.07) is 10.6. The molecule has 1 aliphatic heterocycles. The molecule has 3 rings (SSSR count). The van der Waals surface area contributed by atoms with E-state index in [-0.39, 0.29) is 12.1 Å². The zero-order valence-corrected chi connectivity index (χ0v) is 13.1. The Morgan fingerprint density at radius 1 is 1.35 bits per heavy atom. The van der Waals surface area contributed by atoms with Crippen molar-refractivity contribution in [1.82, 2.24) is 9.88 Å². The Morgan fingerprint density at radius 2 is 2.13 bits per heavy atom. The van der Waals surface area contributed by atoms with Crippen molar-refractivity contribution in [1.29, 1.82) is 5.26 Å². The topological polar surface area (TPSA) is 69.0 Å². The van der Waals surface area contributed by atoms with E-state index in [2.05, 4.69) is 10.3 Å². The van der Waals surface area contributed by atoms with Crippen LogP contribution in [0, 0.1) is 11.3 Å². The molecule has 1 aromatic heterocycles. The van der Waals surface area contributed by atoms with Crippen LogP contribution in [0.5, 0.6) is 0 Å². The minimum Gasteiger partial charge on any atom is -0.317 e. The minimum atomic E-state index is -0.162. The highest BCUT2D eigenvalue weighted by Gasteiger charge is 2.29. The largest absolute Gasteiger partial charge is 0.322 e. The maximum atomic E-state index is 12.6. The molecule has 0 aliphatic carbocycles. The number of rotatable bonds is 2. The summed E-state index contributed by atoms with van der Waals surface area (Å²) in [5, 5.41) is 12.1. The summed E-state index contributed by atoms with van der Waals surface area (Å²) < 4.78 is 0. The molecule has 0 saturated carbocycles. The van der Waals surface area contributed by atoms with E-state index in [4.69, 9.17) is 16.9 Å². The standard InChI is InChI=1S/C17H15ClN4O/c18-15-10-14(4-3-13(15)11-19)21-17(23)22-9-1-2-16(22)12-5-7-20-8-6-12/h3-8,10,16H,1-2,9H2,(H,21,23). The van der Waals surface area contributed by atoms with E-state index in [1.54, 1.807) is 30.6 Å². The van der Waals surface area contributed by atoms with Gasteiger partial charge in [-0.05, 0) is 48.7 Å². The zero-order valence-electron chi connectivity index (χ0n) is 12.4. The van der Waals surface area contributed by atoms with E-state index in [0.717, 1.165) is 18.4 Å². The van der Waals surface area contributed by atoms with E-state index in [1.165, 1.54) is 0 Å². The first-order chi connectivity index (χ1) is 11.2. The number of likely N-dealkylation sites (tertiary alicyclic amines) is 1. The number of nitrogens with zero attached hydrogens (tertiary/aromatic N) is 3. The number of hydrogen-bond donors (Lipinski definition) is 1. The average molecular weight is 327 g/mol. The van der Waals surface area contributed by atoms with Gasteiger partial charge in [0.05, 0.1) is 16.6 Å². The van der Waals surface area contributed by atoms with Gasteiger partial charge in [-0.25, -0.2) is 4.79 Å². The molecule has 2 amide bonds. The van der Waals surface area contributed by atoms with Crippen molar-refractivity contribution in [3.8, 4) is 6.07 Å². The fourth-order valence-electron chi connectivity index (χ4n) is 2.82. The van der Waals surface area contributed by atoms with Crippen LogP contribution in [0.15, 0.2) is 42.7 Å². The van der Waals surface area contributed by atoms with Crippen molar-refractivity contribution in [3.05, 3.63) is 58.9 Å². The van der Waals surface area contributed by atoms with Crippen LogP contribution < -0.4 is 5.32 Å². The number of hydrogen-bond acceptors (Lipinski definition) is 3. The molecule has 0 spiro atoms. The van der Waals surface area contributed by atoms with Crippen LogP contribution in [-0.2, 0) is 0 Å². The van der Waals surface area contributed by atoms with Crippen LogP contribution in [-0.4, -0.2) is 22.5 Å². The second kappa shape index (κ2) is 6.67. The van der Waals surface area contributed by atoms with Crippen molar-refractivity contribution in [2.75, 3.05) is 11.9 Å². The Balaban J connectivity index is 1.75. The van der Waals surface area contributed by atoms with E-state index in [0.29, 0.717) is 22.8 Å². The van der Waals surface area contributed by atoms with Gasteiger partial charge in [0.2, 0.25) is 0 Å². The number of carbonyl (C=O) groups excluding carboxylic acids is 1. The van der Waals surface area contributed by atoms with Crippen molar-refractivity contribution in [2.24, 2.45) is 0 Å². The second-order valence-electron chi connectivity index (χ2n) is 5.37. The number of carbonyl (C=O) groups is 1. The molecule has 1 aliphatic rings. The maximum absolute atomic E-state index is 12.6. The van der Waals surface area contributed by atoms with Crippen molar-refractivity contribution in [3.63, 3.8) is 0 Å². The normalized spacial score (nSPS) is 16.9. The van der Waals surface area contributed by atoms with Gasteiger partial charge in [0, 0.05) is 24.6 Å². The third kappa shape index (κ3) is 3.27. The number of pyridine rings is 1. The lowest BCUT2D eigenvalue weighted by Gasteiger charge is -2.25. The quantitative estimate of drug-likeness (QED) is 0.907. The number of anilines is 1. The molecule has 1 fully saturated rings. The first-order valence-electron chi connectivity index (χ1n) is 7.36. The Morgan fingerprint density at radius 3 is 2.83 bits per heavy atom. The second-order valence-corrected chi connectivity index (χ2v) is 5.78. The van der Waals surface area contributed by atoms with E-state index < -0.39 is 0 Å². The van der Waals surface area contributed by atoms with E-state index in [9.17, 15) is 4.79 Å². The molecular weight excluding hydrogens is 312 g/mol. The van der Waals surface area contributed by atoms with Crippen LogP contribution in [0.1, 0.15) is 30.0 Å². The third-order valence-electron chi connectivity index (χ3n) is 3.95. The number of amides is 2. The lowest BCUT2D eigenvalue weighted by molar-refractivity contribution is 0.207. The fraction of sp³-hybridized carbons (Fsp3) is 0.235. The monoisotopic (exact) mass is 326 g/mol. The van der Waals surface area contributed by atoms with E-state index in [1.807, 2.05) is 23.1 Å². The van der Waals surface area contributed by atoms with Gasteiger partial charge in [0.25, 0.3) is 0 Å². The lowest BCUT2D eigenvalue weighted by atomic mass is 10.1. The molecule has 5 nitrogen and oxygen atoms in total. The highest BCUT2D eigenvalue weighted by molar-refractivity contribution is 6.32. The van der Waals surface area contributed by atoms with Crippen molar-refractivity contribution >= 4 is 23.3 Å². The van der Waals surface area contributed by atoms with Gasteiger partial charge in [0.15, 0.2) is 0 Å². The SMILES string of the molecule is N#Cc1ccc(NC(=O)N2CCCC2c2ccncc2)cc1Cl. The van der Waals surface area contributed by atoms with Crippen molar-refractivity contribution in [2.45, 2.75) is 18.9 Å². The molecule has 1 saturated heterocycles. The summed E-state index contributed by atoms with van der Waals surface area (Å²) in [5.41, 5.74) is 2.06. The van der Waals surface area contributed by atoms with Gasteiger partial charge in [-0.1, -0.05) is 11.6 Å². The number of aromatic nitrogens is 1. The van der Waals surface area contributed by atoms with E-state index >= 15 is 0 Å². The van der Waals surface area contributed by atoms with Crippen molar-refractivity contribution < 1.29 is 4.79 Å². The van der Waals surface area contributed by atoms with Crippen LogP contribution in [0.2, 0.25) is 5.02 Å². The van der Waals surface area contributed by atoms with Gasteiger partial charge >= 0.3 is 6.03 Å². The fourth-order valence-corrected chi connectivity index (χ4v) is 3.04. The molecule has 1 aromatic carbocycles. The van der Waals surface area contributed by atoms with Crippen LogP contribution in [0.3, 0.4) is 0 Å². The molecular formula is C17H15ClN4O. The summed E-state index contributed by atoms with van der Waals surface area (Å²) in [5.74, 6) is 0. The van der Waals surface area contributed by atoms with Gasteiger partial charge in [-0.15, -0.1) is 0 Å². The lowest BCUT2D eigenvalue weighted by Crippen LogP contribution is -2.34. The Bertz CT molecular complexity index is 757. The predicted octanol–water partition coefficient (Wildman–Crippen LogP) is 3.98. The summed E-state index contributed by atoms with van der Waals surface area (Å²) in [7, 11) is 0. The molecule has 23 heavy (non-hydrogen) atoms. The third-order valence-corrected chi connectivity index (χ3v) is 4.26. The van der Waals surface area contributed by atoms with Gasteiger partial charge in [-0.3, -0.25) is 4.98 Å². The van der Waals surface area contributed by atoms with Crippen LogP contribution >= 0.6 is 11.6 Å². The van der Waals surface area contributed by atoms with Gasteiger partial charge in [0.1, 0.15) is 6.07 Å². The minimum absolute atomic E-state index is 0.0619. The Labute approximate surface area is 139 Å². The average Bonchev–Trinajstić information content (AvgIpc) is 3.05. The Kier molecular flexibility index (Phi) is 4.45. The molecule has 1 atom stereocenters. The van der Waals surface area contributed by atoms with Crippen LogP contribution in [0.4, 0.5) is 10.5 Å². The molecule has 6 heteroatoms. The number of halogens is 1. The number of nitrogens with one attached hydrogen (secondary N) is 1. The molecule has 2 heterocycles. The number of nitriles is 1. The summed E-state index contributed by atoms with van der Waals surface area (Å²) in [4.78, 5) is 18.4. The Hall–Kier alpha value is -2.58. The molecule has 1 N–H and O–H groups in total. The summed E-state index contributed by atoms with van der Waals surface area (Å²) in [6.07, 6.45) is 5.38. The number of urea groups is 1. The highest BCUT2D eigenvalue weighted by atomic mass is 35.5. The van der Waals surface area contributed by atoms with Crippen LogP contribution in [0.25, 0.3) is 0 Å². The first kappa shape index (κ1) is 15.3. The summed E-state index contributed by atoms with van der Waals surface area (Å²) >= 11 is 6.00. The smallest absolute Gasteiger partial charge is 0.317 e. The maximum Gasteiger partial charge on any atom is 0.322 e. The molecule has 116 valence electrons. The number of benzene rings is 1. The molecule has 0 radical (unpaired) electrons. The first-order valence-corrected chi connectivity index (χ1v) is 7.74. The highest BCUT2D eigenvalue weighted by Crippen LogP contribution is 2.32. The predicted molar refractivity (Wildman–Crippen MR) is 88.1 cm³/mol. The zero-order chi connectivity index (χ0) is 16.2. The molecule has 2 aromatic rings. The molecule has 1 unspecified atom stereocenters. The van der Waals surface area contributed by atoms with Gasteiger partial charge < -0.3 is 10.2 Å². The summed E-state index contributed by atoms with van der Waals surface area (Å²) in [6.45, 7) is 0.711. The van der Waals surface area contributed by atoms with Gasteiger partial charge in [-0.2, -0.15) is 5.26 Å².